The summed E-state index contributed by atoms with van der Waals surface area (Å²) in [5.41, 5.74) is 2.45. The molecule has 0 atom stereocenters. The van der Waals surface area contributed by atoms with Gasteiger partial charge in [0.1, 0.15) is 17.3 Å². The van der Waals surface area contributed by atoms with E-state index in [4.69, 9.17) is 4.74 Å². The standard InChI is InChI=1S/C23H17FN4O2S/c24-17-13-16(8-9-18(17)27-23-28-19-6-1-2-7-20(19)31-23)30-22-21(25-10-11-26-22)14-4-3-5-15(29)12-14/h1-2,6-13H,3-5H2,(H,27,28). The number of allylic oxidation sites excluding steroid dienone is 2. The average molecular weight is 432 g/mol. The third-order valence-electron chi connectivity index (χ3n) is 4.86. The summed E-state index contributed by atoms with van der Waals surface area (Å²) in [5, 5.41) is 3.63. The Hall–Kier alpha value is -3.65. The van der Waals surface area contributed by atoms with Crippen molar-refractivity contribution < 1.29 is 13.9 Å². The van der Waals surface area contributed by atoms with E-state index in [1.54, 1.807) is 24.4 Å². The van der Waals surface area contributed by atoms with Gasteiger partial charge in [-0.2, -0.15) is 0 Å². The number of fused-ring (bicyclic) bond motifs is 1. The molecule has 0 fully saturated rings. The van der Waals surface area contributed by atoms with Gasteiger partial charge in [0, 0.05) is 24.9 Å². The first-order valence-electron chi connectivity index (χ1n) is 9.80. The van der Waals surface area contributed by atoms with Crippen molar-refractivity contribution in [1.82, 2.24) is 15.0 Å². The van der Waals surface area contributed by atoms with Gasteiger partial charge in [0.2, 0.25) is 5.88 Å². The molecule has 0 saturated carbocycles. The number of hydrogen-bond donors (Lipinski definition) is 1. The van der Waals surface area contributed by atoms with Crippen molar-refractivity contribution in [3.63, 3.8) is 0 Å². The van der Waals surface area contributed by atoms with E-state index >= 15 is 0 Å². The maximum Gasteiger partial charge on any atom is 0.245 e. The molecule has 154 valence electrons. The van der Waals surface area contributed by atoms with Crippen molar-refractivity contribution in [2.75, 3.05) is 5.32 Å². The van der Waals surface area contributed by atoms with Crippen molar-refractivity contribution in [2.24, 2.45) is 0 Å². The summed E-state index contributed by atoms with van der Waals surface area (Å²) >= 11 is 1.45. The van der Waals surface area contributed by atoms with Crippen molar-refractivity contribution in [2.45, 2.75) is 19.3 Å². The number of aromatic nitrogens is 3. The van der Waals surface area contributed by atoms with E-state index in [-0.39, 0.29) is 17.4 Å². The van der Waals surface area contributed by atoms with E-state index < -0.39 is 5.82 Å². The Labute approximate surface area is 181 Å². The van der Waals surface area contributed by atoms with Gasteiger partial charge in [-0.1, -0.05) is 23.5 Å². The molecule has 0 radical (unpaired) electrons. The van der Waals surface area contributed by atoms with Gasteiger partial charge < -0.3 is 10.1 Å². The topological polar surface area (TPSA) is 77.0 Å². The lowest BCUT2D eigenvalue weighted by molar-refractivity contribution is -0.114. The molecule has 0 saturated heterocycles. The van der Waals surface area contributed by atoms with E-state index in [1.165, 1.54) is 23.6 Å². The van der Waals surface area contributed by atoms with Crippen LogP contribution in [0, 0.1) is 5.82 Å². The van der Waals surface area contributed by atoms with E-state index in [1.807, 2.05) is 24.3 Å². The van der Waals surface area contributed by atoms with E-state index in [0.717, 1.165) is 28.6 Å². The number of anilines is 2. The largest absolute Gasteiger partial charge is 0.437 e. The molecule has 31 heavy (non-hydrogen) atoms. The molecular formula is C23H17FN4O2S. The monoisotopic (exact) mass is 432 g/mol. The number of carbonyl (C=O) groups excluding carboxylic acids is 1. The second-order valence-electron chi connectivity index (χ2n) is 7.06. The second kappa shape index (κ2) is 8.23. The van der Waals surface area contributed by atoms with Crippen LogP contribution in [0.1, 0.15) is 25.0 Å². The number of ether oxygens (including phenoxy) is 1. The fraction of sp³-hybridized carbons (Fsp3) is 0.130. The summed E-state index contributed by atoms with van der Waals surface area (Å²) in [5.74, 6) is 0.120. The number of para-hydroxylation sites is 1. The number of hydrogen-bond acceptors (Lipinski definition) is 7. The van der Waals surface area contributed by atoms with Crippen LogP contribution in [-0.2, 0) is 4.79 Å². The van der Waals surface area contributed by atoms with Crippen LogP contribution in [0.5, 0.6) is 11.6 Å². The molecule has 0 bridgehead atoms. The van der Waals surface area contributed by atoms with Crippen LogP contribution in [0.25, 0.3) is 15.8 Å². The lowest BCUT2D eigenvalue weighted by atomic mass is 9.96. The van der Waals surface area contributed by atoms with Gasteiger partial charge in [-0.05, 0) is 48.8 Å². The normalized spacial score (nSPS) is 13.8. The van der Waals surface area contributed by atoms with Gasteiger partial charge in [-0.3, -0.25) is 4.79 Å². The minimum Gasteiger partial charge on any atom is -0.437 e. The number of benzene rings is 2. The highest BCUT2D eigenvalue weighted by Crippen LogP contribution is 2.34. The van der Waals surface area contributed by atoms with Crippen LogP contribution >= 0.6 is 11.3 Å². The number of rotatable bonds is 5. The summed E-state index contributed by atoms with van der Waals surface area (Å²) in [6, 6.07) is 12.3. The lowest BCUT2D eigenvalue weighted by Crippen LogP contribution is -2.05. The molecule has 8 heteroatoms. The fourth-order valence-electron chi connectivity index (χ4n) is 3.41. The highest BCUT2D eigenvalue weighted by molar-refractivity contribution is 7.22. The first-order chi connectivity index (χ1) is 15.2. The highest BCUT2D eigenvalue weighted by Gasteiger charge is 2.18. The Morgan fingerprint density at radius 2 is 1.94 bits per heavy atom. The predicted octanol–water partition coefficient (Wildman–Crippen LogP) is 5.90. The molecule has 5 rings (SSSR count). The molecule has 0 spiro atoms. The van der Waals surface area contributed by atoms with E-state index in [0.29, 0.717) is 22.9 Å². The first kappa shape index (κ1) is 19.3. The smallest absolute Gasteiger partial charge is 0.245 e. The number of halogens is 1. The average Bonchev–Trinajstić information content (AvgIpc) is 3.18. The molecule has 2 heterocycles. The van der Waals surface area contributed by atoms with E-state index in [2.05, 4.69) is 20.3 Å². The van der Waals surface area contributed by atoms with Gasteiger partial charge in [0.15, 0.2) is 10.9 Å². The Kier molecular flexibility index (Phi) is 5.13. The minimum absolute atomic E-state index is 0.0640. The molecule has 1 aliphatic carbocycles. The van der Waals surface area contributed by atoms with Crippen LogP contribution in [-0.4, -0.2) is 20.7 Å². The van der Waals surface area contributed by atoms with Gasteiger partial charge in [-0.25, -0.2) is 19.3 Å². The SMILES string of the molecule is O=C1C=C(c2nccnc2Oc2ccc(Nc3nc4ccccc4s3)c(F)c2)CCC1. The van der Waals surface area contributed by atoms with Gasteiger partial charge in [-0.15, -0.1) is 0 Å². The van der Waals surface area contributed by atoms with Crippen molar-refractivity contribution in [3.05, 3.63) is 72.4 Å². The summed E-state index contributed by atoms with van der Waals surface area (Å²) in [6.45, 7) is 0. The third-order valence-corrected chi connectivity index (χ3v) is 5.82. The van der Waals surface area contributed by atoms with Crippen LogP contribution in [0.4, 0.5) is 15.2 Å². The molecule has 6 nitrogen and oxygen atoms in total. The fourth-order valence-corrected chi connectivity index (χ4v) is 4.29. The van der Waals surface area contributed by atoms with Crippen LogP contribution in [0.2, 0.25) is 0 Å². The second-order valence-corrected chi connectivity index (χ2v) is 8.09. The zero-order chi connectivity index (χ0) is 21.2. The maximum atomic E-state index is 14.7. The third kappa shape index (κ3) is 4.15. The molecule has 0 unspecified atom stereocenters. The Bertz CT molecular complexity index is 1280. The quantitative estimate of drug-likeness (QED) is 0.423. The van der Waals surface area contributed by atoms with Crippen molar-refractivity contribution >= 4 is 43.7 Å². The lowest BCUT2D eigenvalue weighted by Gasteiger charge is -2.14. The van der Waals surface area contributed by atoms with Gasteiger partial charge >= 0.3 is 0 Å². The summed E-state index contributed by atoms with van der Waals surface area (Å²) in [7, 11) is 0. The summed E-state index contributed by atoms with van der Waals surface area (Å²) in [4.78, 5) is 24.8. The highest BCUT2D eigenvalue weighted by atomic mass is 32.1. The molecular weight excluding hydrogens is 415 g/mol. The number of nitrogens with one attached hydrogen (secondary N) is 1. The number of thiazole rings is 1. The van der Waals surface area contributed by atoms with Crippen molar-refractivity contribution in [1.29, 1.82) is 0 Å². The first-order valence-corrected chi connectivity index (χ1v) is 10.6. The van der Waals surface area contributed by atoms with Gasteiger partial charge in [0.25, 0.3) is 0 Å². The Morgan fingerprint density at radius 3 is 2.77 bits per heavy atom. The Balaban J connectivity index is 1.38. The van der Waals surface area contributed by atoms with Crippen LogP contribution in [0.15, 0.2) is 60.9 Å². The predicted molar refractivity (Wildman–Crippen MR) is 118 cm³/mol. The summed E-state index contributed by atoms with van der Waals surface area (Å²) < 4.78 is 21.6. The number of carbonyl (C=O) groups is 1. The number of ketones is 1. The molecule has 4 aromatic rings. The zero-order valence-corrected chi connectivity index (χ0v) is 17.2. The van der Waals surface area contributed by atoms with Crippen LogP contribution < -0.4 is 10.1 Å². The van der Waals surface area contributed by atoms with E-state index in [9.17, 15) is 9.18 Å². The molecule has 0 amide bonds. The summed E-state index contributed by atoms with van der Waals surface area (Å²) in [6.07, 6.45) is 6.67. The molecule has 2 aromatic heterocycles. The molecule has 1 aliphatic rings. The molecule has 2 aromatic carbocycles. The van der Waals surface area contributed by atoms with Gasteiger partial charge in [0.05, 0.1) is 15.9 Å². The Morgan fingerprint density at radius 1 is 1.06 bits per heavy atom. The molecule has 0 aliphatic heterocycles. The number of nitrogens with zero attached hydrogens (tertiary/aromatic N) is 3. The minimum atomic E-state index is -0.478. The van der Waals surface area contributed by atoms with Crippen molar-refractivity contribution in [3.8, 4) is 11.6 Å². The zero-order valence-electron chi connectivity index (χ0n) is 16.3. The van der Waals surface area contributed by atoms with Crippen LogP contribution in [0.3, 0.4) is 0 Å². The molecule has 1 N–H and O–H groups in total. The maximum absolute atomic E-state index is 14.7.